The monoisotopic (exact) mass is 317 g/mol. The molecule has 6 heteroatoms. The van der Waals surface area contributed by atoms with Gasteiger partial charge in [-0.25, -0.2) is 0 Å². The number of halogens is 1. The van der Waals surface area contributed by atoms with Crippen molar-refractivity contribution >= 4 is 24.2 Å². The first-order valence-electron chi connectivity index (χ1n) is 7.85. The molecule has 21 heavy (non-hydrogen) atoms. The van der Waals surface area contributed by atoms with E-state index < -0.39 is 0 Å². The molecule has 2 rings (SSSR count). The summed E-state index contributed by atoms with van der Waals surface area (Å²) in [5.74, 6) is 0.575. The summed E-state index contributed by atoms with van der Waals surface area (Å²) in [5, 5.41) is 6.40. The van der Waals surface area contributed by atoms with Crippen LogP contribution in [-0.4, -0.2) is 48.4 Å². The fourth-order valence-electron chi connectivity index (χ4n) is 3.08. The lowest BCUT2D eigenvalue weighted by Gasteiger charge is -2.24. The van der Waals surface area contributed by atoms with Gasteiger partial charge < -0.3 is 15.5 Å². The number of nitrogens with one attached hydrogen (secondary N) is 2. The van der Waals surface area contributed by atoms with Gasteiger partial charge in [0.15, 0.2) is 0 Å². The molecule has 2 aliphatic rings. The Labute approximate surface area is 133 Å². The smallest absolute Gasteiger partial charge is 0.224 e. The van der Waals surface area contributed by atoms with Crippen LogP contribution in [0.4, 0.5) is 0 Å². The van der Waals surface area contributed by atoms with Crippen LogP contribution in [-0.2, 0) is 9.59 Å². The normalized spacial score (nSPS) is 24.4. The van der Waals surface area contributed by atoms with E-state index in [1.165, 1.54) is 12.8 Å². The largest absolute Gasteiger partial charge is 0.356 e. The summed E-state index contributed by atoms with van der Waals surface area (Å²) in [5.41, 5.74) is 0. The molecule has 2 unspecified atom stereocenters. The molecule has 2 fully saturated rings. The molecule has 122 valence electrons. The highest BCUT2D eigenvalue weighted by Gasteiger charge is 2.30. The maximum atomic E-state index is 12.2. The van der Waals surface area contributed by atoms with Gasteiger partial charge in [-0.2, -0.15) is 0 Å². The molecule has 2 saturated heterocycles. The molecule has 2 amide bonds. The standard InChI is InChI=1S/C15H27N3O2.ClH/c1-11(2)9-14(19)16-7-5-15(20)18-8-6-12-3-4-13(10-18)17-12;/h11-13,17H,3-10H2,1-2H3,(H,16,19);1H. The number of hydrogen-bond donors (Lipinski definition) is 2. The molecule has 2 heterocycles. The van der Waals surface area contributed by atoms with Gasteiger partial charge in [-0.1, -0.05) is 13.8 Å². The van der Waals surface area contributed by atoms with Crippen molar-refractivity contribution in [3.63, 3.8) is 0 Å². The Balaban J connectivity index is 0.00000220. The summed E-state index contributed by atoms with van der Waals surface area (Å²) in [6.07, 6.45) is 4.44. The first kappa shape index (κ1) is 18.2. The molecule has 0 aromatic carbocycles. The average Bonchev–Trinajstić information content (AvgIpc) is 2.67. The summed E-state index contributed by atoms with van der Waals surface area (Å²) in [6, 6.07) is 1.07. The topological polar surface area (TPSA) is 61.4 Å². The fourth-order valence-corrected chi connectivity index (χ4v) is 3.08. The molecular formula is C15H28ClN3O2. The molecule has 2 N–H and O–H groups in total. The van der Waals surface area contributed by atoms with Gasteiger partial charge in [-0.3, -0.25) is 9.59 Å². The molecule has 0 spiro atoms. The highest BCUT2D eigenvalue weighted by molar-refractivity contribution is 5.85. The van der Waals surface area contributed by atoms with Crippen molar-refractivity contribution in [1.82, 2.24) is 15.5 Å². The third-order valence-corrected chi connectivity index (χ3v) is 4.13. The van der Waals surface area contributed by atoms with Gasteiger partial charge in [0.05, 0.1) is 0 Å². The SMILES string of the molecule is CC(C)CC(=O)NCCC(=O)N1CCC2CCC(C1)N2.Cl. The summed E-state index contributed by atoms with van der Waals surface area (Å²) in [4.78, 5) is 25.7. The number of nitrogens with zero attached hydrogens (tertiary/aromatic N) is 1. The molecule has 0 aromatic heterocycles. The van der Waals surface area contributed by atoms with Crippen molar-refractivity contribution in [1.29, 1.82) is 0 Å². The van der Waals surface area contributed by atoms with Crippen LogP contribution < -0.4 is 10.6 Å². The summed E-state index contributed by atoms with van der Waals surface area (Å²) >= 11 is 0. The second-order valence-electron chi connectivity index (χ2n) is 6.46. The molecule has 0 saturated carbocycles. The van der Waals surface area contributed by atoms with E-state index in [2.05, 4.69) is 10.6 Å². The molecule has 2 aliphatic heterocycles. The first-order chi connectivity index (χ1) is 9.54. The van der Waals surface area contributed by atoms with Crippen LogP contribution in [0.2, 0.25) is 0 Å². The van der Waals surface area contributed by atoms with Gasteiger partial charge in [0.25, 0.3) is 0 Å². The lowest BCUT2D eigenvalue weighted by atomic mass is 10.1. The zero-order valence-corrected chi connectivity index (χ0v) is 13.9. The number of likely N-dealkylation sites (tertiary alicyclic amines) is 1. The second kappa shape index (κ2) is 8.59. The Morgan fingerprint density at radius 1 is 1.24 bits per heavy atom. The van der Waals surface area contributed by atoms with E-state index in [1.54, 1.807) is 0 Å². The Morgan fingerprint density at radius 2 is 1.95 bits per heavy atom. The lowest BCUT2D eigenvalue weighted by molar-refractivity contribution is -0.131. The highest BCUT2D eigenvalue weighted by atomic mass is 35.5. The molecule has 2 bridgehead atoms. The maximum absolute atomic E-state index is 12.2. The van der Waals surface area contributed by atoms with Gasteiger partial charge in [0, 0.05) is 44.6 Å². The Kier molecular flexibility index (Phi) is 7.46. The lowest BCUT2D eigenvalue weighted by Crippen LogP contribution is -2.40. The molecule has 0 aromatic rings. The van der Waals surface area contributed by atoms with Crippen molar-refractivity contribution in [3.8, 4) is 0 Å². The molecular weight excluding hydrogens is 290 g/mol. The highest BCUT2D eigenvalue weighted by Crippen LogP contribution is 2.20. The van der Waals surface area contributed by atoms with Crippen LogP contribution in [0.1, 0.15) is 46.0 Å². The minimum atomic E-state index is 0. The van der Waals surface area contributed by atoms with Crippen LogP contribution in [0.15, 0.2) is 0 Å². The van der Waals surface area contributed by atoms with Crippen molar-refractivity contribution < 1.29 is 9.59 Å². The van der Waals surface area contributed by atoms with E-state index in [-0.39, 0.29) is 24.2 Å². The van der Waals surface area contributed by atoms with Crippen LogP contribution in [0, 0.1) is 5.92 Å². The van der Waals surface area contributed by atoms with Crippen molar-refractivity contribution in [2.45, 2.75) is 58.0 Å². The summed E-state index contributed by atoms with van der Waals surface area (Å²) in [7, 11) is 0. The Bertz CT molecular complexity index is 363. The van der Waals surface area contributed by atoms with E-state index in [0.717, 1.165) is 19.5 Å². The summed E-state index contributed by atoms with van der Waals surface area (Å²) in [6.45, 7) is 6.18. The van der Waals surface area contributed by atoms with E-state index in [0.29, 0.717) is 37.4 Å². The fraction of sp³-hybridized carbons (Fsp3) is 0.867. The molecule has 0 aliphatic carbocycles. The zero-order valence-electron chi connectivity index (χ0n) is 13.1. The van der Waals surface area contributed by atoms with Crippen LogP contribution >= 0.6 is 12.4 Å². The number of amides is 2. The maximum Gasteiger partial charge on any atom is 0.224 e. The van der Waals surface area contributed by atoms with Crippen molar-refractivity contribution in [3.05, 3.63) is 0 Å². The zero-order chi connectivity index (χ0) is 14.5. The number of carbonyl (C=O) groups is 2. The molecule has 0 radical (unpaired) electrons. The minimum Gasteiger partial charge on any atom is -0.356 e. The number of hydrogen-bond acceptors (Lipinski definition) is 3. The van der Waals surface area contributed by atoms with Crippen LogP contribution in [0.5, 0.6) is 0 Å². The van der Waals surface area contributed by atoms with Gasteiger partial charge in [0.1, 0.15) is 0 Å². The number of carbonyl (C=O) groups excluding carboxylic acids is 2. The van der Waals surface area contributed by atoms with E-state index in [4.69, 9.17) is 0 Å². The average molecular weight is 318 g/mol. The quantitative estimate of drug-likeness (QED) is 0.804. The van der Waals surface area contributed by atoms with Crippen molar-refractivity contribution in [2.75, 3.05) is 19.6 Å². The molecule has 2 atom stereocenters. The van der Waals surface area contributed by atoms with Crippen LogP contribution in [0.3, 0.4) is 0 Å². The van der Waals surface area contributed by atoms with Crippen LogP contribution in [0.25, 0.3) is 0 Å². The summed E-state index contributed by atoms with van der Waals surface area (Å²) < 4.78 is 0. The third kappa shape index (κ3) is 5.83. The van der Waals surface area contributed by atoms with Gasteiger partial charge >= 0.3 is 0 Å². The Morgan fingerprint density at radius 3 is 2.67 bits per heavy atom. The first-order valence-corrected chi connectivity index (χ1v) is 7.85. The van der Waals surface area contributed by atoms with E-state index in [1.807, 2.05) is 18.7 Å². The van der Waals surface area contributed by atoms with E-state index in [9.17, 15) is 9.59 Å². The van der Waals surface area contributed by atoms with E-state index >= 15 is 0 Å². The van der Waals surface area contributed by atoms with Gasteiger partial charge in [-0.05, 0) is 25.2 Å². The second-order valence-corrected chi connectivity index (χ2v) is 6.46. The third-order valence-electron chi connectivity index (χ3n) is 4.13. The predicted octanol–water partition coefficient (Wildman–Crippen LogP) is 1.31. The number of fused-ring (bicyclic) bond motifs is 2. The molecule has 5 nitrogen and oxygen atoms in total. The Hall–Kier alpha value is -0.810. The predicted molar refractivity (Wildman–Crippen MR) is 85.5 cm³/mol. The van der Waals surface area contributed by atoms with Crippen molar-refractivity contribution in [2.24, 2.45) is 5.92 Å². The minimum absolute atomic E-state index is 0. The number of rotatable bonds is 5. The van der Waals surface area contributed by atoms with Gasteiger partial charge in [0.2, 0.25) is 11.8 Å². The van der Waals surface area contributed by atoms with Gasteiger partial charge in [-0.15, -0.1) is 12.4 Å².